The molecule has 1 saturated heterocycles. The number of esters is 1. The van der Waals surface area contributed by atoms with Crippen molar-refractivity contribution in [2.24, 2.45) is 11.8 Å². The van der Waals surface area contributed by atoms with E-state index in [-0.39, 0.29) is 36.5 Å². The molecule has 3 atom stereocenters. The Hall–Kier alpha value is -3.68. The Morgan fingerprint density at radius 3 is 2.62 bits per heavy atom. The van der Waals surface area contributed by atoms with Crippen molar-refractivity contribution in [1.29, 1.82) is 0 Å². The average molecular weight is 466 g/mol. The maximum atomic E-state index is 13.4. The van der Waals surface area contributed by atoms with E-state index < -0.39 is 17.9 Å². The number of aromatic amines is 1. The van der Waals surface area contributed by atoms with Crippen LogP contribution >= 0.6 is 0 Å². The molecule has 0 spiro atoms. The molecule has 1 aliphatic heterocycles. The minimum absolute atomic E-state index is 0.0272. The number of nitrogens with one attached hydrogen (secondary N) is 3. The van der Waals surface area contributed by atoms with Crippen molar-refractivity contribution >= 4 is 23.6 Å². The van der Waals surface area contributed by atoms with Crippen LogP contribution in [0.1, 0.15) is 42.2 Å². The smallest absolute Gasteiger partial charge is 0.330 e. The van der Waals surface area contributed by atoms with Crippen molar-refractivity contribution < 1.29 is 23.9 Å². The standard InChI is InChI=1S/C26H31N3O5/c1-2-34-24(31)11-10-21(16-19-12-14-28-25(19)32)29-26(33)20(15-18-7-4-3-5-8-18)17-23(30)22-9-6-13-27-22/h3-11,13,19-21,27H,2,12,14-17H2,1H3,(H,28,32)(H,29,33)/b11-10+. The predicted molar refractivity (Wildman–Crippen MR) is 127 cm³/mol. The predicted octanol–water partition coefficient (Wildman–Crippen LogP) is 2.58. The molecule has 0 radical (unpaired) electrons. The van der Waals surface area contributed by atoms with Crippen LogP contribution in [0.25, 0.3) is 0 Å². The van der Waals surface area contributed by atoms with Crippen molar-refractivity contribution in [1.82, 2.24) is 15.6 Å². The van der Waals surface area contributed by atoms with Gasteiger partial charge in [0, 0.05) is 43.1 Å². The van der Waals surface area contributed by atoms with Crippen LogP contribution in [-0.2, 0) is 25.5 Å². The van der Waals surface area contributed by atoms with Crippen molar-refractivity contribution in [2.75, 3.05) is 13.2 Å². The zero-order valence-electron chi connectivity index (χ0n) is 19.3. The van der Waals surface area contributed by atoms with E-state index in [1.54, 1.807) is 31.3 Å². The number of ether oxygens (including phenoxy) is 1. The van der Waals surface area contributed by atoms with Gasteiger partial charge in [-0.15, -0.1) is 0 Å². The molecule has 34 heavy (non-hydrogen) atoms. The zero-order valence-corrected chi connectivity index (χ0v) is 19.3. The van der Waals surface area contributed by atoms with Gasteiger partial charge in [0.05, 0.1) is 12.3 Å². The number of hydrogen-bond donors (Lipinski definition) is 3. The Balaban J connectivity index is 1.76. The number of ketones is 1. The molecule has 2 heterocycles. The lowest BCUT2D eigenvalue weighted by Gasteiger charge is -2.22. The highest BCUT2D eigenvalue weighted by atomic mass is 16.5. The lowest BCUT2D eigenvalue weighted by Crippen LogP contribution is -2.41. The van der Waals surface area contributed by atoms with E-state index in [0.29, 0.717) is 31.5 Å². The molecular formula is C26H31N3O5. The Morgan fingerprint density at radius 1 is 1.18 bits per heavy atom. The summed E-state index contributed by atoms with van der Waals surface area (Å²) in [5.74, 6) is -1.91. The number of carbonyl (C=O) groups excluding carboxylic acids is 4. The molecule has 1 aromatic carbocycles. The lowest BCUT2D eigenvalue weighted by atomic mass is 9.91. The molecule has 2 aromatic rings. The molecule has 2 amide bonds. The summed E-state index contributed by atoms with van der Waals surface area (Å²) in [7, 11) is 0. The molecule has 0 bridgehead atoms. The quantitative estimate of drug-likeness (QED) is 0.253. The first-order chi connectivity index (χ1) is 16.5. The first-order valence-corrected chi connectivity index (χ1v) is 11.6. The van der Waals surface area contributed by atoms with Crippen molar-refractivity contribution in [3.8, 4) is 0 Å². The van der Waals surface area contributed by atoms with Crippen molar-refractivity contribution in [2.45, 2.75) is 38.6 Å². The second kappa shape index (κ2) is 12.5. The number of hydrogen-bond acceptors (Lipinski definition) is 5. The van der Waals surface area contributed by atoms with E-state index in [2.05, 4.69) is 15.6 Å². The molecule has 180 valence electrons. The lowest BCUT2D eigenvalue weighted by molar-refractivity contribution is -0.137. The Morgan fingerprint density at radius 2 is 1.97 bits per heavy atom. The fourth-order valence-corrected chi connectivity index (χ4v) is 4.04. The number of Topliss-reactive ketones (excluding diaryl/α,β-unsaturated/α-hetero) is 1. The molecule has 8 heteroatoms. The summed E-state index contributed by atoms with van der Waals surface area (Å²) in [5, 5.41) is 5.75. The molecule has 1 fully saturated rings. The van der Waals surface area contributed by atoms with Gasteiger partial charge in [0.25, 0.3) is 0 Å². The highest BCUT2D eigenvalue weighted by molar-refractivity contribution is 5.97. The molecule has 3 rings (SSSR count). The largest absolute Gasteiger partial charge is 0.463 e. The van der Waals surface area contributed by atoms with E-state index in [9.17, 15) is 19.2 Å². The van der Waals surface area contributed by atoms with Crippen molar-refractivity contribution in [3.63, 3.8) is 0 Å². The number of carbonyl (C=O) groups is 4. The molecule has 3 unspecified atom stereocenters. The van der Waals surface area contributed by atoms with Crippen LogP contribution < -0.4 is 10.6 Å². The Bertz CT molecular complexity index is 1000. The summed E-state index contributed by atoms with van der Waals surface area (Å²) in [6.07, 6.45) is 5.94. The van der Waals surface area contributed by atoms with Crippen LogP contribution in [0, 0.1) is 11.8 Å². The van der Waals surface area contributed by atoms with Gasteiger partial charge in [-0.3, -0.25) is 14.4 Å². The van der Waals surface area contributed by atoms with Gasteiger partial charge in [0.15, 0.2) is 5.78 Å². The third-order valence-corrected chi connectivity index (χ3v) is 5.81. The monoisotopic (exact) mass is 465 g/mol. The molecule has 8 nitrogen and oxygen atoms in total. The first kappa shape index (κ1) is 25.0. The number of rotatable bonds is 12. The second-order valence-electron chi connectivity index (χ2n) is 8.34. The highest BCUT2D eigenvalue weighted by Gasteiger charge is 2.29. The van der Waals surface area contributed by atoms with Gasteiger partial charge in [-0.2, -0.15) is 0 Å². The highest BCUT2D eigenvalue weighted by Crippen LogP contribution is 2.20. The van der Waals surface area contributed by atoms with Crippen LogP contribution in [0.4, 0.5) is 0 Å². The summed E-state index contributed by atoms with van der Waals surface area (Å²) >= 11 is 0. The average Bonchev–Trinajstić information content (AvgIpc) is 3.50. The molecular weight excluding hydrogens is 434 g/mol. The van der Waals surface area contributed by atoms with Crippen molar-refractivity contribution in [3.05, 3.63) is 72.1 Å². The number of amides is 2. The topological polar surface area (TPSA) is 117 Å². The van der Waals surface area contributed by atoms with Gasteiger partial charge >= 0.3 is 5.97 Å². The molecule has 0 saturated carbocycles. The fraction of sp³-hybridized carbons (Fsp3) is 0.385. The molecule has 0 aliphatic carbocycles. The minimum atomic E-state index is -0.617. The molecule has 1 aromatic heterocycles. The summed E-state index contributed by atoms with van der Waals surface area (Å²) in [6, 6.07) is 12.4. The Kier molecular flexibility index (Phi) is 9.20. The zero-order chi connectivity index (χ0) is 24.3. The summed E-state index contributed by atoms with van der Waals surface area (Å²) in [6.45, 7) is 2.54. The van der Waals surface area contributed by atoms with E-state index in [4.69, 9.17) is 4.74 Å². The normalized spacial score (nSPS) is 17.2. The van der Waals surface area contributed by atoms with E-state index in [1.165, 1.54) is 6.08 Å². The molecule has 3 N–H and O–H groups in total. The van der Waals surface area contributed by atoms with E-state index >= 15 is 0 Å². The van der Waals surface area contributed by atoms with Gasteiger partial charge in [-0.1, -0.05) is 36.4 Å². The van der Waals surface area contributed by atoms with Crippen LogP contribution in [0.15, 0.2) is 60.8 Å². The van der Waals surface area contributed by atoms with E-state index in [1.807, 2.05) is 30.3 Å². The summed E-state index contributed by atoms with van der Waals surface area (Å²) in [4.78, 5) is 53.0. The van der Waals surface area contributed by atoms with Gasteiger partial charge in [0.2, 0.25) is 11.8 Å². The first-order valence-electron chi connectivity index (χ1n) is 11.6. The minimum Gasteiger partial charge on any atom is -0.463 e. The van der Waals surface area contributed by atoms with Gasteiger partial charge in [-0.05, 0) is 43.9 Å². The number of aromatic nitrogens is 1. The SMILES string of the molecule is CCOC(=O)/C=C/C(CC1CCNC1=O)NC(=O)C(CC(=O)c1ccc[nH]1)Cc1ccccc1. The second-order valence-corrected chi connectivity index (χ2v) is 8.34. The maximum absolute atomic E-state index is 13.4. The van der Waals surface area contributed by atoms with Crippen LogP contribution in [0.3, 0.4) is 0 Å². The van der Waals surface area contributed by atoms with Crippen LogP contribution in [0.5, 0.6) is 0 Å². The van der Waals surface area contributed by atoms with E-state index in [0.717, 1.165) is 5.56 Å². The van der Waals surface area contributed by atoms with Gasteiger partial charge < -0.3 is 20.4 Å². The Labute approximate surface area is 199 Å². The van der Waals surface area contributed by atoms with Crippen LogP contribution in [0.2, 0.25) is 0 Å². The summed E-state index contributed by atoms with van der Waals surface area (Å²) < 4.78 is 4.94. The fourth-order valence-electron chi connectivity index (χ4n) is 4.04. The number of benzene rings is 1. The van der Waals surface area contributed by atoms with Gasteiger partial charge in [-0.25, -0.2) is 4.79 Å². The van der Waals surface area contributed by atoms with Crippen LogP contribution in [-0.4, -0.2) is 47.7 Å². The third kappa shape index (κ3) is 7.43. The summed E-state index contributed by atoms with van der Waals surface area (Å²) in [5.41, 5.74) is 1.39. The maximum Gasteiger partial charge on any atom is 0.330 e. The molecule has 1 aliphatic rings. The van der Waals surface area contributed by atoms with Gasteiger partial charge in [0.1, 0.15) is 0 Å². The number of H-pyrrole nitrogens is 1. The third-order valence-electron chi connectivity index (χ3n) is 5.81.